The number of aromatic hydroxyl groups is 1. The van der Waals surface area contributed by atoms with E-state index < -0.39 is 0 Å². The van der Waals surface area contributed by atoms with Crippen LogP contribution in [0.15, 0.2) is 36.9 Å². The van der Waals surface area contributed by atoms with Crippen LogP contribution in [0.3, 0.4) is 0 Å². The molecule has 0 heterocycles. The van der Waals surface area contributed by atoms with Crippen LogP contribution >= 0.6 is 0 Å². The van der Waals surface area contributed by atoms with Crippen LogP contribution in [0, 0.1) is 0 Å². The molecule has 0 aliphatic heterocycles. The predicted molar refractivity (Wildman–Crippen MR) is 51.3 cm³/mol. The van der Waals surface area contributed by atoms with Gasteiger partial charge in [-0.25, -0.2) is 0 Å². The second-order valence-electron chi connectivity index (χ2n) is 2.85. The van der Waals surface area contributed by atoms with E-state index in [9.17, 15) is 5.11 Å². The molecule has 1 aromatic rings. The van der Waals surface area contributed by atoms with Gasteiger partial charge in [-0.3, -0.25) is 0 Å². The summed E-state index contributed by atoms with van der Waals surface area (Å²) in [6, 6.07) is 7.33. The van der Waals surface area contributed by atoms with E-state index in [4.69, 9.17) is 0 Å². The van der Waals surface area contributed by atoms with Gasteiger partial charge in [0, 0.05) is 5.92 Å². The molecule has 64 valence electrons. The predicted octanol–water partition coefficient (Wildman–Crippen LogP) is 3.07. The Morgan fingerprint density at radius 2 is 2.33 bits per heavy atom. The first-order valence-electron chi connectivity index (χ1n) is 4.19. The van der Waals surface area contributed by atoms with Crippen LogP contribution in [-0.4, -0.2) is 5.11 Å². The first-order chi connectivity index (χ1) is 5.77. The average Bonchev–Trinajstić information content (AvgIpc) is 2.07. The van der Waals surface area contributed by atoms with Crippen molar-refractivity contribution in [2.24, 2.45) is 0 Å². The van der Waals surface area contributed by atoms with Crippen molar-refractivity contribution in [3.8, 4) is 5.75 Å². The lowest BCUT2D eigenvalue weighted by atomic mass is 9.97. The first kappa shape index (κ1) is 8.85. The zero-order chi connectivity index (χ0) is 8.97. The standard InChI is InChI=1S/C11H14O/c1-3-9(4-2)10-6-5-7-11(12)8-10/h3,5-9,12H,1,4H2,2H3. The molecule has 0 spiro atoms. The minimum atomic E-state index is 0.327. The number of phenolic OH excluding ortho intramolecular Hbond substituents is 1. The van der Waals surface area contributed by atoms with Crippen molar-refractivity contribution in [2.45, 2.75) is 19.3 Å². The number of allylic oxidation sites excluding steroid dienone is 1. The smallest absolute Gasteiger partial charge is 0.115 e. The summed E-state index contributed by atoms with van der Waals surface area (Å²) in [4.78, 5) is 0. The zero-order valence-corrected chi connectivity index (χ0v) is 7.33. The molecule has 0 amide bonds. The normalized spacial score (nSPS) is 12.4. The van der Waals surface area contributed by atoms with Crippen molar-refractivity contribution in [3.63, 3.8) is 0 Å². The third-order valence-corrected chi connectivity index (χ3v) is 2.02. The van der Waals surface area contributed by atoms with Gasteiger partial charge in [0.1, 0.15) is 5.75 Å². The van der Waals surface area contributed by atoms with Crippen LogP contribution in [0.2, 0.25) is 0 Å². The van der Waals surface area contributed by atoms with Crippen LogP contribution in [-0.2, 0) is 0 Å². The van der Waals surface area contributed by atoms with E-state index in [2.05, 4.69) is 13.5 Å². The Morgan fingerprint density at radius 3 is 2.83 bits per heavy atom. The minimum absolute atomic E-state index is 0.327. The van der Waals surface area contributed by atoms with Gasteiger partial charge in [0.05, 0.1) is 0 Å². The maximum absolute atomic E-state index is 9.22. The fourth-order valence-electron chi connectivity index (χ4n) is 1.29. The fourth-order valence-corrected chi connectivity index (χ4v) is 1.29. The van der Waals surface area contributed by atoms with E-state index in [0.717, 1.165) is 12.0 Å². The zero-order valence-electron chi connectivity index (χ0n) is 7.33. The van der Waals surface area contributed by atoms with E-state index in [1.807, 2.05) is 18.2 Å². The quantitative estimate of drug-likeness (QED) is 0.677. The molecule has 1 heteroatoms. The van der Waals surface area contributed by atoms with Crippen molar-refractivity contribution in [1.29, 1.82) is 0 Å². The van der Waals surface area contributed by atoms with Gasteiger partial charge in [-0.2, -0.15) is 0 Å². The largest absolute Gasteiger partial charge is 0.508 e. The molecule has 0 saturated carbocycles. The molecule has 0 saturated heterocycles. The summed E-state index contributed by atoms with van der Waals surface area (Å²) in [6.45, 7) is 5.86. The fraction of sp³-hybridized carbons (Fsp3) is 0.273. The molecule has 12 heavy (non-hydrogen) atoms. The molecule has 1 aromatic carbocycles. The van der Waals surface area contributed by atoms with Gasteiger partial charge < -0.3 is 5.11 Å². The van der Waals surface area contributed by atoms with Gasteiger partial charge >= 0.3 is 0 Å². The van der Waals surface area contributed by atoms with Gasteiger partial charge in [0.25, 0.3) is 0 Å². The van der Waals surface area contributed by atoms with E-state index in [-0.39, 0.29) is 0 Å². The molecule has 1 N–H and O–H groups in total. The summed E-state index contributed by atoms with van der Waals surface area (Å²) >= 11 is 0. The lowest BCUT2D eigenvalue weighted by Crippen LogP contribution is -1.91. The number of hydrogen-bond donors (Lipinski definition) is 1. The molecule has 0 radical (unpaired) electrons. The van der Waals surface area contributed by atoms with Crippen LogP contribution in [0.5, 0.6) is 5.75 Å². The molecule has 0 bridgehead atoms. The molecular weight excluding hydrogens is 148 g/mol. The molecular formula is C11H14O. The topological polar surface area (TPSA) is 20.2 Å². The van der Waals surface area contributed by atoms with Gasteiger partial charge in [0.15, 0.2) is 0 Å². The highest BCUT2D eigenvalue weighted by atomic mass is 16.3. The molecule has 1 rings (SSSR count). The Kier molecular flexibility index (Phi) is 2.92. The highest BCUT2D eigenvalue weighted by molar-refractivity contribution is 5.31. The summed E-state index contributed by atoms with van der Waals surface area (Å²) in [5.41, 5.74) is 1.13. The van der Waals surface area contributed by atoms with Gasteiger partial charge in [-0.15, -0.1) is 6.58 Å². The third-order valence-electron chi connectivity index (χ3n) is 2.02. The van der Waals surface area contributed by atoms with Crippen molar-refractivity contribution in [1.82, 2.24) is 0 Å². The first-order valence-corrected chi connectivity index (χ1v) is 4.19. The Balaban J connectivity index is 2.93. The van der Waals surface area contributed by atoms with Gasteiger partial charge in [-0.05, 0) is 24.1 Å². The summed E-state index contributed by atoms with van der Waals surface area (Å²) in [5, 5.41) is 9.22. The number of benzene rings is 1. The van der Waals surface area contributed by atoms with Crippen LogP contribution < -0.4 is 0 Å². The summed E-state index contributed by atoms with van der Waals surface area (Å²) < 4.78 is 0. The molecule has 1 atom stereocenters. The Labute approximate surface area is 73.4 Å². The highest BCUT2D eigenvalue weighted by Crippen LogP contribution is 2.23. The molecule has 0 aliphatic rings. The maximum atomic E-state index is 9.22. The SMILES string of the molecule is C=CC(CC)c1cccc(O)c1. The van der Waals surface area contributed by atoms with E-state index in [0.29, 0.717) is 11.7 Å². The monoisotopic (exact) mass is 162 g/mol. The molecule has 1 nitrogen and oxygen atoms in total. The molecule has 0 aliphatic carbocycles. The molecule has 1 unspecified atom stereocenters. The van der Waals surface area contributed by atoms with Crippen molar-refractivity contribution in [3.05, 3.63) is 42.5 Å². The van der Waals surface area contributed by atoms with E-state index in [1.54, 1.807) is 12.1 Å². The van der Waals surface area contributed by atoms with Crippen LogP contribution in [0.1, 0.15) is 24.8 Å². The number of rotatable bonds is 3. The lowest BCUT2D eigenvalue weighted by Gasteiger charge is -2.09. The Hall–Kier alpha value is -1.24. The van der Waals surface area contributed by atoms with Gasteiger partial charge in [-0.1, -0.05) is 25.1 Å². The average molecular weight is 162 g/mol. The second-order valence-corrected chi connectivity index (χ2v) is 2.85. The van der Waals surface area contributed by atoms with Crippen molar-refractivity contribution < 1.29 is 5.11 Å². The van der Waals surface area contributed by atoms with Crippen LogP contribution in [0.4, 0.5) is 0 Å². The third kappa shape index (κ3) is 1.88. The van der Waals surface area contributed by atoms with Crippen molar-refractivity contribution in [2.75, 3.05) is 0 Å². The Bertz CT molecular complexity index is 265. The minimum Gasteiger partial charge on any atom is -0.508 e. The summed E-state index contributed by atoms with van der Waals surface area (Å²) in [5.74, 6) is 0.685. The maximum Gasteiger partial charge on any atom is 0.115 e. The van der Waals surface area contributed by atoms with Gasteiger partial charge in [0.2, 0.25) is 0 Å². The van der Waals surface area contributed by atoms with Crippen LogP contribution in [0.25, 0.3) is 0 Å². The highest BCUT2D eigenvalue weighted by Gasteiger charge is 2.04. The number of hydrogen-bond acceptors (Lipinski definition) is 1. The number of phenols is 1. The Morgan fingerprint density at radius 1 is 1.58 bits per heavy atom. The van der Waals surface area contributed by atoms with E-state index in [1.165, 1.54) is 0 Å². The molecule has 0 aromatic heterocycles. The summed E-state index contributed by atoms with van der Waals surface area (Å²) in [6.07, 6.45) is 2.93. The second kappa shape index (κ2) is 3.96. The molecule has 0 fully saturated rings. The summed E-state index contributed by atoms with van der Waals surface area (Å²) in [7, 11) is 0. The lowest BCUT2D eigenvalue weighted by molar-refractivity contribution is 0.474. The van der Waals surface area contributed by atoms with Crippen molar-refractivity contribution >= 4 is 0 Å². The van der Waals surface area contributed by atoms with E-state index >= 15 is 0 Å².